The molecule has 59 heavy (non-hydrogen) atoms. The van der Waals surface area contributed by atoms with E-state index in [0.717, 1.165) is 103 Å². The summed E-state index contributed by atoms with van der Waals surface area (Å²) in [5, 5.41) is 0. The Bertz CT molecular complexity index is 1220. The molecule has 0 saturated heterocycles. The summed E-state index contributed by atoms with van der Waals surface area (Å²) < 4.78 is 16.6. The van der Waals surface area contributed by atoms with Gasteiger partial charge in [0, 0.05) is 19.3 Å². The Morgan fingerprint density at radius 1 is 0.356 bits per heavy atom. The highest BCUT2D eigenvalue weighted by Gasteiger charge is 2.19. The van der Waals surface area contributed by atoms with Crippen LogP contribution >= 0.6 is 0 Å². The lowest BCUT2D eigenvalue weighted by Crippen LogP contribution is -2.30. The van der Waals surface area contributed by atoms with Crippen molar-refractivity contribution in [3.8, 4) is 0 Å². The van der Waals surface area contributed by atoms with Gasteiger partial charge in [0.1, 0.15) is 13.2 Å². The Hall–Kier alpha value is -3.67. The largest absolute Gasteiger partial charge is 0.462 e. The summed E-state index contributed by atoms with van der Waals surface area (Å²) in [6.45, 7) is 6.30. The number of esters is 3. The minimum Gasteiger partial charge on any atom is -0.462 e. The van der Waals surface area contributed by atoms with Crippen LogP contribution in [0, 0.1) is 0 Å². The molecular formula is C53H86O6. The number of carbonyl (C=O) groups excluding carboxylic acids is 3. The van der Waals surface area contributed by atoms with Crippen molar-refractivity contribution in [1.82, 2.24) is 0 Å². The molecule has 0 saturated carbocycles. The molecule has 0 aromatic rings. The lowest BCUT2D eigenvalue weighted by Gasteiger charge is -2.18. The van der Waals surface area contributed by atoms with Gasteiger partial charge in [-0.15, -0.1) is 0 Å². The lowest BCUT2D eigenvalue weighted by atomic mass is 10.1. The number of rotatable bonds is 41. The van der Waals surface area contributed by atoms with Gasteiger partial charge in [-0.1, -0.05) is 195 Å². The molecule has 334 valence electrons. The molecule has 6 nitrogen and oxygen atoms in total. The van der Waals surface area contributed by atoms with Crippen molar-refractivity contribution < 1.29 is 28.6 Å². The fraction of sp³-hybridized carbons (Fsp3) is 0.642. The van der Waals surface area contributed by atoms with Crippen LogP contribution in [0.2, 0.25) is 0 Å². The monoisotopic (exact) mass is 819 g/mol. The van der Waals surface area contributed by atoms with E-state index in [1.54, 1.807) is 0 Å². The van der Waals surface area contributed by atoms with Gasteiger partial charge in [-0.2, -0.15) is 0 Å². The fourth-order valence-electron chi connectivity index (χ4n) is 6.09. The van der Waals surface area contributed by atoms with Crippen molar-refractivity contribution in [3.63, 3.8) is 0 Å². The van der Waals surface area contributed by atoms with Gasteiger partial charge >= 0.3 is 17.9 Å². The van der Waals surface area contributed by atoms with E-state index in [0.29, 0.717) is 12.8 Å². The molecule has 0 radical (unpaired) electrons. The van der Waals surface area contributed by atoms with Crippen molar-refractivity contribution >= 4 is 17.9 Å². The molecule has 0 amide bonds. The van der Waals surface area contributed by atoms with E-state index in [1.165, 1.54) is 51.4 Å². The maximum atomic E-state index is 12.7. The first kappa shape index (κ1) is 55.3. The summed E-state index contributed by atoms with van der Waals surface area (Å²) in [4.78, 5) is 37.8. The number of allylic oxidation sites excluding steroid dienone is 16. The zero-order valence-electron chi connectivity index (χ0n) is 38.0. The standard InChI is InChI=1S/C53H86O6/c1-4-7-10-13-16-19-22-24-26-27-29-31-34-37-40-43-46-52(55)58-49-50(48-57-51(54)45-42-39-36-33-30-21-18-15-12-9-6-3)59-53(56)47-44-41-38-35-32-28-25-23-20-17-14-11-8-5-2/h7-8,10-11,16-17,19-20,24-26,28-29,31,37,40,50H,4-6,9,12-15,18,21-23,27,30,32-36,38-39,41-49H2,1-3H3/b10-7-,11-8-,19-16-,20-17-,26-24-,28-25-,31-29-,40-37-. The van der Waals surface area contributed by atoms with Gasteiger partial charge in [-0.25, -0.2) is 0 Å². The lowest BCUT2D eigenvalue weighted by molar-refractivity contribution is -0.166. The number of hydrogen-bond acceptors (Lipinski definition) is 6. The molecule has 0 aromatic carbocycles. The minimum atomic E-state index is -0.816. The Balaban J connectivity index is 4.54. The predicted molar refractivity (Wildman–Crippen MR) is 251 cm³/mol. The molecule has 0 fully saturated rings. The summed E-state index contributed by atoms with van der Waals surface area (Å²) in [5.74, 6) is -1.03. The molecule has 0 rings (SSSR count). The van der Waals surface area contributed by atoms with E-state index in [2.05, 4.69) is 106 Å². The van der Waals surface area contributed by atoms with Crippen LogP contribution in [0.4, 0.5) is 0 Å². The van der Waals surface area contributed by atoms with E-state index in [9.17, 15) is 14.4 Å². The predicted octanol–water partition coefficient (Wildman–Crippen LogP) is 15.4. The van der Waals surface area contributed by atoms with E-state index in [4.69, 9.17) is 14.2 Å². The fourth-order valence-corrected chi connectivity index (χ4v) is 6.09. The van der Waals surface area contributed by atoms with Gasteiger partial charge in [-0.05, 0) is 83.5 Å². The molecule has 6 heteroatoms. The van der Waals surface area contributed by atoms with Gasteiger partial charge in [0.05, 0.1) is 0 Å². The second-order valence-electron chi connectivity index (χ2n) is 15.3. The summed E-state index contributed by atoms with van der Waals surface area (Å²) in [6.07, 6.45) is 61.1. The summed E-state index contributed by atoms with van der Waals surface area (Å²) in [7, 11) is 0. The van der Waals surface area contributed by atoms with Gasteiger partial charge in [0.2, 0.25) is 0 Å². The van der Waals surface area contributed by atoms with E-state index < -0.39 is 6.10 Å². The van der Waals surface area contributed by atoms with Crippen molar-refractivity contribution in [1.29, 1.82) is 0 Å². The summed E-state index contributed by atoms with van der Waals surface area (Å²) >= 11 is 0. The average molecular weight is 819 g/mol. The smallest absolute Gasteiger partial charge is 0.306 e. The Kier molecular flexibility index (Phi) is 44.1. The van der Waals surface area contributed by atoms with Crippen molar-refractivity contribution in [3.05, 3.63) is 97.2 Å². The van der Waals surface area contributed by atoms with Crippen molar-refractivity contribution in [2.24, 2.45) is 0 Å². The SMILES string of the molecule is CC/C=C\C/C=C\C/C=C\C/C=C\C/C=C\CCC(=O)OCC(COC(=O)CCCCCCCCCCCCC)OC(=O)CCCCCC/C=C\C/C=C\C/C=C\CC. The van der Waals surface area contributed by atoms with E-state index in [1.807, 2.05) is 12.2 Å². The highest BCUT2D eigenvalue weighted by molar-refractivity contribution is 5.71. The van der Waals surface area contributed by atoms with Crippen LogP contribution in [-0.2, 0) is 28.6 Å². The number of ether oxygens (including phenoxy) is 3. The average Bonchev–Trinajstić information content (AvgIpc) is 3.23. The number of carbonyl (C=O) groups is 3. The molecule has 0 bridgehead atoms. The second-order valence-corrected chi connectivity index (χ2v) is 15.3. The maximum absolute atomic E-state index is 12.7. The normalized spacial score (nSPS) is 12.9. The number of unbranched alkanes of at least 4 members (excludes halogenated alkanes) is 14. The van der Waals surface area contributed by atoms with Gasteiger partial charge in [0.25, 0.3) is 0 Å². The molecule has 1 unspecified atom stereocenters. The molecular weight excluding hydrogens is 733 g/mol. The second kappa shape index (κ2) is 47.0. The first-order valence-electron chi connectivity index (χ1n) is 23.7. The van der Waals surface area contributed by atoms with Crippen LogP contribution in [0.5, 0.6) is 0 Å². The van der Waals surface area contributed by atoms with Crippen LogP contribution in [0.3, 0.4) is 0 Å². The van der Waals surface area contributed by atoms with Crippen LogP contribution < -0.4 is 0 Å². The molecule has 1 atom stereocenters. The minimum absolute atomic E-state index is 0.110. The third-order valence-electron chi connectivity index (χ3n) is 9.60. The topological polar surface area (TPSA) is 78.9 Å². The molecule has 0 aliphatic heterocycles. The van der Waals surface area contributed by atoms with Crippen molar-refractivity contribution in [2.75, 3.05) is 13.2 Å². The third kappa shape index (κ3) is 45.3. The van der Waals surface area contributed by atoms with Crippen LogP contribution in [0.1, 0.15) is 201 Å². The Morgan fingerprint density at radius 2 is 0.695 bits per heavy atom. The molecule has 0 aromatic heterocycles. The van der Waals surface area contributed by atoms with Gasteiger partial charge in [-0.3, -0.25) is 14.4 Å². The Labute approximate surface area is 362 Å². The van der Waals surface area contributed by atoms with E-state index >= 15 is 0 Å². The first-order valence-corrected chi connectivity index (χ1v) is 23.7. The van der Waals surface area contributed by atoms with Crippen LogP contribution in [-0.4, -0.2) is 37.2 Å². The van der Waals surface area contributed by atoms with Gasteiger partial charge < -0.3 is 14.2 Å². The maximum Gasteiger partial charge on any atom is 0.306 e. The van der Waals surface area contributed by atoms with E-state index in [-0.39, 0.29) is 44.0 Å². The zero-order chi connectivity index (χ0) is 43.0. The highest BCUT2D eigenvalue weighted by Crippen LogP contribution is 2.13. The molecule has 0 N–H and O–H groups in total. The first-order chi connectivity index (χ1) is 29.0. The van der Waals surface area contributed by atoms with Gasteiger partial charge in [0.15, 0.2) is 6.10 Å². The van der Waals surface area contributed by atoms with Crippen LogP contribution in [0.15, 0.2) is 97.2 Å². The Morgan fingerprint density at radius 3 is 1.14 bits per heavy atom. The molecule has 0 aliphatic rings. The summed E-state index contributed by atoms with van der Waals surface area (Å²) in [6, 6.07) is 0. The van der Waals surface area contributed by atoms with Crippen molar-refractivity contribution in [2.45, 2.75) is 207 Å². The zero-order valence-corrected chi connectivity index (χ0v) is 38.0. The third-order valence-corrected chi connectivity index (χ3v) is 9.60. The quantitative estimate of drug-likeness (QED) is 0.0265. The highest BCUT2D eigenvalue weighted by atomic mass is 16.6. The molecule has 0 aliphatic carbocycles. The molecule has 0 heterocycles. The summed E-state index contributed by atoms with van der Waals surface area (Å²) in [5.41, 5.74) is 0. The number of hydrogen-bond donors (Lipinski definition) is 0. The van der Waals surface area contributed by atoms with Crippen LogP contribution in [0.25, 0.3) is 0 Å². The molecule has 0 spiro atoms.